The number of phenols is 1. The van der Waals surface area contributed by atoms with E-state index in [4.69, 9.17) is 5.73 Å². The van der Waals surface area contributed by atoms with E-state index < -0.39 is 102 Å². The molecule has 0 saturated heterocycles. The first-order chi connectivity index (χ1) is 31.8. The molecule has 0 bridgehead atoms. The van der Waals surface area contributed by atoms with E-state index in [2.05, 4.69) is 31.9 Å². The van der Waals surface area contributed by atoms with Crippen molar-refractivity contribution in [3.05, 3.63) is 102 Å². The van der Waals surface area contributed by atoms with Gasteiger partial charge in [-0.1, -0.05) is 100 Å². The highest BCUT2D eigenvalue weighted by atomic mass is 32.2. The van der Waals surface area contributed by atoms with Crippen molar-refractivity contribution in [3.8, 4) is 5.75 Å². The average Bonchev–Trinajstić information content (AvgIpc) is 3.28. The van der Waals surface area contributed by atoms with Gasteiger partial charge >= 0.3 is 11.9 Å². The summed E-state index contributed by atoms with van der Waals surface area (Å²) in [5.41, 5.74) is 8.35. The summed E-state index contributed by atoms with van der Waals surface area (Å²) in [7, 11) is 0. The van der Waals surface area contributed by atoms with Crippen molar-refractivity contribution in [1.29, 1.82) is 0 Å². The van der Waals surface area contributed by atoms with E-state index in [1.807, 2.05) is 13.8 Å². The van der Waals surface area contributed by atoms with Gasteiger partial charge in [0.2, 0.25) is 35.4 Å². The molecule has 67 heavy (non-hydrogen) atoms. The Morgan fingerprint density at radius 2 is 0.985 bits per heavy atom. The molecular formula is C48H65N7O11S. The van der Waals surface area contributed by atoms with Crippen molar-refractivity contribution >= 4 is 59.1 Å². The number of nitrogens with two attached hydrogens (primary N) is 1. The fraction of sp³-hybridized carbons (Fsp3) is 0.458. The number of rotatable bonds is 28. The number of aromatic hydroxyl groups is 1. The van der Waals surface area contributed by atoms with Gasteiger partial charge in [0.05, 0.1) is 6.04 Å². The van der Waals surface area contributed by atoms with Crippen molar-refractivity contribution in [3.63, 3.8) is 0 Å². The second-order valence-electron chi connectivity index (χ2n) is 17.1. The maximum absolute atomic E-state index is 14.4. The van der Waals surface area contributed by atoms with Crippen LogP contribution in [0.5, 0.6) is 5.75 Å². The Morgan fingerprint density at radius 1 is 0.537 bits per heavy atom. The predicted octanol–water partition coefficient (Wildman–Crippen LogP) is 2.06. The molecule has 0 unspecified atom stereocenters. The molecule has 7 atom stereocenters. The summed E-state index contributed by atoms with van der Waals surface area (Å²) in [6.07, 6.45) is 1.17. The van der Waals surface area contributed by atoms with E-state index in [9.17, 15) is 53.7 Å². The van der Waals surface area contributed by atoms with E-state index in [1.165, 1.54) is 23.9 Å². The summed E-state index contributed by atoms with van der Waals surface area (Å²) in [5, 5.41) is 44.6. The SMILES string of the molecule is CSCC[C@H](NC(=O)[C@H](CCC(=O)O)NC(=O)[C@@H](NC(=O)[C@H](CC(C)C)NC(=O)[C@H](Cc1ccccc1)NC(=O)[C@H](Cc1ccccc1)NC(=O)[C@@H](N)Cc1ccc(O)cc1)C(C)C)C(=O)O. The van der Waals surface area contributed by atoms with Crippen LogP contribution in [0.2, 0.25) is 0 Å². The number of benzene rings is 3. The number of hydrogen-bond donors (Lipinski definition) is 10. The molecule has 3 aromatic carbocycles. The number of carbonyl (C=O) groups is 8. The molecule has 0 radical (unpaired) electrons. The Hall–Kier alpha value is -6.47. The highest BCUT2D eigenvalue weighted by Crippen LogP contribution is 2.14. The van der Waals surface area contributed by atoms with Gasteiger partial charge in [-0.3, -0.25) is 33.6 Å². The van der Waals surface area contributed by atoms with Crippen LogP contribution < -0.4 is 37.6 Å². The molecule has 0 aliphatic rings. The van der Waals surface area contributed by atoms with E-state index in [1.54, 1.807) is 92.9 Å². The molecule has 19 heteroatoms. The number of nitrogens with one attached hydrogen (secondary N) is 6. The van der Waals surface area contributed by atoms with Gasteiger partial charge < -0.3 is 53.0 Å². The van der Waals surface area contributed by atoms with Gasteiger partial charge in [0.25, 0.3) is 0 Å². The maximum Gasteiger partial charge on any atom is 0.326 e. The Balaban J connectivity index is 1.88. The van der Waals surface area contributed by atoms with Crippen LogP contribution in [0.25, 0.3) is 0 Å². The van der Waals surface area contributed by atoms with E-state index >= 15 is 0 Å². The number of thioether (sulfide) groups is 1. The molecule has 0 aliphatic heterocycles. The van der Waals surface area contributed by atoms with Gasteiger partial charge in [0.1, 0.15) is 42.0 Å². The largest absolute Gasteiger partial charge is 0.508 e. The molecule has 3 rings (SSSR count). The summed E-state index contributed by atoms with van der Waals surface area (Å²) >= 11 is 1.37. The Bertz CT molecular complexity index is 2110. The lowest BCUT2D eigenvalue weighted by Gasteiger charge is -2.29. The summed E-state index contributed by atoms with van der Waals surface area (Å²) in [6.45, 7) is 6.90. The van der Waals surface area contributed by atoms with Gasteiger partial charge in [0.15, 0.2) is 0 Å². The lowest BCUT2D eigenvalue weighted by molar-refractivity contribution is -0.143. The number of hydrogen-bond acceptors (Lipinski definition) is 11. The molecule has 0 aliphatic carbocycles. The van der Waals surface area contributed by atoms with Gasteiger partial charge in [-0.05, 0) is 78.4 Å². The number of carbonyl (C=O) groups excluding carboxylic acids is 6. The Morgan fingerprint density at radius 3 is 1.46 bits per heavy atom. The third kappa shape index (κ3) is 19.5. The number of aliphatic carboxylic acids is 2. The second kappa shape index (κ2) is 27.9. The standard InChI is InChI=1S/C48H65N7O11S/c1-28(2)24-37(46(63)55-41(29(3)4)47(64)50-35(20-21-40(57)58)43(60)51-36(48(65)66)22-23-67-5)53-45(62)39(27-31-14-10-7-11-15-31)54-44(61)38(26-30-12-8-6-9-13-30)52-42(59)34(49)25-32-16-18-33(56)19-17-32/h6-19,28-29,34-39,41,56H,20-27,49H2,1-5H3,(H,50,64)(H,51,60)(H,52,59)(H,53,62)(H,54,61)(H,55,63)(H,57,58)(H,65,66)/t34-,35-,36-,37-,38-,39-,41-/m0/s1. The fourth-order valence-electron chi connectivity index (χ4n) is 6.98. The average molecular weight is 948 g/mol. The molecule has 18 nitrogen and oxygen atoms in total. The molecule has 364 valence electrons. The number of phenolic OH excluding ortho intramolecular Hbond substituents is 1. The van der Waals surface area contributed by atoms with Gasteiger partial charge in [-0.2, -0.15) is 11.8 Å². The molecule has 0 aromatic heterocycles. The highest BCUT2D eigenvalue weighted by molar-refractivity contribution is 7.98. The second-order valence-corrected chi connectivity index (χ2v) is 18.1. The molecule has 6 amide bonds. The van der Waals surface area contributed by atoms with Crippen LogP contribution in [0.1, 0.15) is 70.1 Å². The predicted molar refractivity (Wildman–Crippen MR) is 253 cm³/mol. The smallest absolute Gasteiger partial charge is 0.326 e. The normalized spacial score (nSPS) is 14.3. The molecule has 0 fully saturated rings. The summed E-state index contributed by atoms with van der Waals surface area (Å²) in [4.78, 5) is 107. The van der Waals surface area contributed by atoms with Crippen molar-refractivity contribution in [2.45, 2.75) is 115 Å². The lowest BCUT2D eigenvalue weighted by atomic mass is 9.98. The molecule has 0 spiro atoms. The maximum atomic E-state index is 14.4. The number of carboxylic acids is 2. The molecule has 0 heterocycles. The Kier molecular flexibility index (Phi) is 22.8. The third-order valence-electron chi connectivity index (χ3n) is 10.7. The minimum Gasteiger partial charge on any atom is -0.508 e. The monoisotopic (exact) mass is 947 g/mol. The van der Waals surface area contributed by atoms with E-state index in [-0.39, 0.29) is 50.2 Å². The highest BCUT2D eigenvalue weighted by Gasteiger charge is 2.35. The van der Waals surface area contributed by atoms with Crippen LogP contribution in [0.3, 0.4) is 0 Å². The number of carboxylic acid groups (broad SMARTS) is 2. The molecule has 3 aromatic rings. The zero-order valence-electron chi connectivity index (χ0n) is 38.5. The quantitative estimate of drug-likeness (QED) is 0.0500. The first kappa shape index (κ1) is 54.9. The summed E-state index contributed by atoms with van der Waals surface area (Å²) < 4.78 is 0. The molecule has 0 saturated carbocycles. The summed E-state index contributed by atoms with van der Waals surface area (Å²) in [6, 6.07) is 15.1. The van der Waals surface area contributed by atoms with Gasteiger partial charge in [-0.15, -0.1) is 0 Å². The van der Waals surface area contributed by atoms with Gasteiger partial charge in [-0.25, -0.2) is 4.79 Å². The zero-order valence-corrected chi connectivity index (χ0v) is 39.3. The Labute approximate surface area is 395 Å². The van der Waals surface area contributed by atoms with Crippen molar-refractivity contribution in [2.75, 3.05) is 12.0 Å². The van der Waals surface area contributed by atoms with Crippen LogP contribution in [0, 0.1) is 11.8 Å². The fourth-order valence-corrected chi connectivity index (χ4v) is 7.45. The van der Waals surface area contributed by atoms with Crippen LogP contribution in [-0.2, 0) is 57.6 Å². The molecular weight excluding hydrogens is 883 g/mol. The molecule has 11 N–H and O–H groups in total. The lowest BCUT2D eigenvalue weighted by Crippen LogP contribution is -2.61. The third-order valence-corrected chi connectivity index (χ3v) is 11.3. The minimum absolute atomic E-state index is 0.0162. The van der Waals surface area contributed by atoms with Crippen LogP contribution in [0.15, 0.2) is 84.9 Å². The zero-order chi connectivity index (χ0) is 49.6. The van der Waals surface area contributed by atoms with Crippen molar-refractivity contribution in [2.24, 2.45) is 17.6 Å². The van der Waals surface area contributed by atoms with Crippen LogP contribution in [0.4, 0.5) is 0 Å². The van der Waals surface area contributed by atoms with Crippen LogP contribution in [-0.4, -0.2) is 117 Å². The van der Waals surface area contributed by atoms with Crippen molar-refractivity contribution < 1.29 is 53.7 Å². The number of amides is 6. The van der Waals surface area contributed by atoms with Crippen LogP contribution >= 0.6 is 11.8 Å². The van der Waals surface area contributed by atoms with E-state index in [0.29, 0.717) is 22.4 Å². The van der Waals surface area contributed by atoms with Gasteiger partial charge in [0, 0.05) is 19.3 Å². The minimum atomic E-state index is -1.46. The van der Waals surface area contributed by atoms with Crippen molar-refractivity contribution in [1.82, 2.24) is 31.9 Å². The first-order valence-corrected chi connectivity index (χ1v) is 23.5. The first-order valence-electron chi connectivity index (χ1n) is 22.1. The topological polar surface area (TPSA) is 295 Å². The summed E-state index contributed by atoms with van der Waals surface area (Å²) in [5.74, 6) is -7.44. The van der Waals surface area contributed by atoms with E-state index in [0.717, 1.165) is 0 Å².